The maximum absolute atomic E-state index is 13.8. The van der Waals surface area contributed by atoms with Gasteiger partial charge in [0.05, 0.1) is 10.6 Å². The number of hydrogen-bond acceptors (Lipinski definition) is 4. The summed E-state index contributed by atoms with van der Waals surface area (Å²) >= 11 is 12.0. The average Bonchev–Trinajstić information content (AvgIpc) is 2.86. The summed E-state index contributed by atoms with van der Waals surface area (Å²) in [4.78, 5) is 28.0. The van der Waals surface area contributed by atoms with E-state index in [1.54, 1.807) is 61.5 Å². The van der Waals surface area contributed by atoms with Crippen LogP contribution >= 0.6 is 23.2 Å². The molecule has 3 aromatic carbocycles. The van der Waals surface area contributed by atoms with Crippen LogP contribution in [-0.4, -0.2) is 43.8 Å². The minimum atomic E-state index is -4.13. The standard InChI is InChI=1S/C27H29Cl2N3O4S/c1-19(2)30-27(34)20(3)31(17-21-9-11-22(28)12-10-21)26(33)18-32(24-7-5-4-6-8-24)37(35,36)25-15-13-23(29)14-16-25/h4-16,19-20H,17-18H2,1-3H3,(H,30,34). The first-order valence-electron chi connectivity index (χ1n) is 11.7. The highest BCUT2D eigenvalue weighted by atomic mass is 35.5. The summed E-state index contributed by atoms with van der Waals surface area (Å²) in [6.07, 6.45) is 0. The molecule has 2 amide bonds. The van der Waals surface area contributed by atoms with Crippen molar-refractivity contribution in [2.45, 2.75) is 44.3 Å². The highest BCUT2D eigenvalue weighted by molar-refractivity contribution is 7.92. The van der Waals surface area contributed by atoms with E-state index < -0.39 is 28.5 Å². The third kappa shape index (κ3) is 7.47. The van der Waals surface area contributed by atoms with Gasteiger partial charge in [-0.25, -0.2) is 8.42 Å². The van der Waals surface area contributed by atoms with Crippen molar-refractivity contribution in [1.29, 1.82) is 0 Å². The van der Waals surface area contributed by atoms with Crippen LogP contribution in [0.1, 0.15) is 26.3 Å². The maximum Gasteiger partial charge on any atom is 0.264 e. The Morgan fingerprint density at radius 3 is 1.92 bits per heavy atom. The lowest BCUT2D eigenvalue weighted by Crippen LogP contribution is -2.52. The summed E-state index contributed by atoms with van der Waals surface area (Å²) in [6, 6.07) is 20.0. The Labute approximate surface area is 228 Å². The molecule has 196 valence electrons. The van der Waals surface area contributed by atoms with Crippen LogP contribution in [0.15, 0.2) is 83.8 Å². The molecule has 0 aliphatic carbocycles. The summed E-state index contributed by atoms with van der Waals surface area (Å²) < 4.78 is 28.4. The third-order valence-electron chi connectivity index (χ3n) is 5.59. The Balaban J connectivity index is 1.99. The molecule has 0 saturated heterocycles. The number of hydrogen-bond donors (Lipinski definition) is 1. The van der Waals surface area contributed by atoms with Crippen LogP contribution in [0.3, 0.4) is 0 Å². The minimum Gasteiger partial charge on any atom is -0.352 e. The predicted molar refractivity (Wildman–Crippen MR) is 147 cm³/mol. The van der Waals surface area contributed by atoms with E-state index in [9.17, 15) is 18.0 Å². The lowest BCUT2D eigenvalue weighted by molar-refractivity contribution is -0.139. The number of halogens is 2. The third-order valence-corrected chi connectivity index (χ3v) is 7.88. The second kappa shape index (κ2) is 12.4. The molecule has 3 aromatic rings. The smallest absolute Gasteiger partial charge is 0.264 e. The zero-order valence-corrected chi connectivity index (χ0v) is 23.1. The molecule has 0 saturated carbocycles. The molecule has 3 rings (SSSR count). The summed E-state index contributed by atoms with van der Waals surface area (Å²) in [7, 11) is -4.13. The quantitative estimate of drug-likeness (QED) is 0.371. The van der Waals surface area contributed by atoms with E-state index in [-0.39, 0.29) is 23.4 Å². The second-order valence-electron chi connectivity index (χ2n) is 8.79. The van der Waals surface area contributed by atoms with Gasteiger partial charge in [-0.1, -0.05) is 53.5 Å². The average molecular weight is 563 g/mol. The van der Waals surface area contributed by atoms with Gasteiger partial charge < -0.3 is 10.2 Å². The molecule has 1 unspecified atom stereocenters. The lowest BCUT2D eigenvalue weighted by Gasteiger charge is -2.32. The SMILES string of the molecule is CC(C)NC(=O)C(C)N(Cc1ccc(Cl)cc1)C(=O)CN(c1ccccc1)S(=O)(=O)c1ccc(Cl)cc1. The molecule has 0 aliphatic heterocycles. The van der Waals surface area contributed by atoms with Gasteiger partial charge in [-0.15, -0.1) is 0 Å². The molecule has 0 aromatic heterocycles. The van der Waals surface area contributed by atoms with Crippen LogP contribution in [-0.2, 0) is 26.2 Å². The van der Waals surface area contributed by atoms with E-state index in [0.717, 1.165) is 9.87 Å². The molecule has 7 nitrogen and oxygen atoms in total. The molecular formula is C27H29Cl2N3O4S. The summed E-state index contributed by atoms with van der Waals surface area (Å²) in [5, 5.41) is 3.75. The van der Waals surface area contributed by atoms with Gasteiger partial charge in [0.2, 0.25) is 11.8 Å². The van der Waals surface area contributed by atoms with E-state index in [1.807, 2.05) is 13.8 Å². The van der Waals surface area contributed by atoms with Gasteiger partial charge in [-0.3, -0.25) is 13.9 Å². The van der Waals surface area contributed by atoms with Crippen LogP contribution in [0.25, 0.3) is 0 Å². The molecule has 1 N–H and O–H groups in total. The van der Waals surface area contributed by atoms with Crippen LogP contribution < -0.4 is 9.62 Å². The number of benzene rings is 3. The molecule has 10 heteroatoms. The fraction of sp³-hybridized carbons (Fsp3) is 0.259. The highest BCUT2D eigenvalue weighted by Crippen LogP contribution is 2.25. The molecule has 0 fully saturated rings. The Hall–Kier alpha value is -3.07. The predicted octanol–water partition coefficient (Wildman–Crippen LogP) is 5.13. The number of nitrogens with zero attached hydrogens (tertiary/aromatic N) is 2. The number of para-hydroxylation sites is 1. The van der Waals surface area contributed by atoms with Gasteiger partial charge in [0.1, 0.15) is 12.6 Å². The first-order chi connectivity index (χ1) is 17.5. The second-order valence-corrected chi connectivity index (χ2v) is 11.5. The number of carbonyl (C=O) groups is 2. The lowest BCUT2D eigenvalue weighted by atomic mass is 10.1. The number of sulfonamides is 1. The van der Waals surface area contributed by atoms with Crippen LogP contribution in [0.5, 0.6) is 0 Å². The van der Waals surface area contributed by atoms with Crippen LogP contribution in [0, 0.1) is 0 Å². The molecule has 0 radical (unpaired) electrons. The van der Waals surface area contributed by atoms with Crippen molar-refractivity contribution in [3.8, 4) is 0 Å². The molecule has 1 atom stereocenters. The van der Waals surface area contributed by atoms with E-state index in [1.165, 1.54) is 29.2 Å². The van der Waals surface area contributed by atoms with Crippen molar-refractivity contribution in [3.05, 3.63) is 94.5 Å². The zero-order chi connectivity index (χ0) is 27.2. The van der Waals surface area contributed by atoms with Gasteiger partial charge in [0.15, 0.2) is 0 Å². The first-order valence-corrected chi connectivity index (χ1v) is 13.9. The number of amides is 2. The maximum atomic E-state index is 13.8. The van der Waals surface area contributed by atoms with Crippen molar-refractivity contribution >= 4 is 50.7 Å². The van der Waals surface area contributed by atoms with Gasteiger partial charge in [0, 0.05) is 22.6 Å². The minimum absolute atomic E-state index is 0.0107. The largest absolute Gasteiger partial charge is 0.352 e. The summed E-state index contributed by atoms with van der Waals surface area (Å²) in [5.74, 6) is -0.883. The van der Waals surface area contributed by atoms with E-state index in [2.05, 4.69) is 5.32 Å². The van der Waals surface area contributed by atoms with Gasteiger partial charge in [0.25, 0.3) is 10.0 Å². The van der Waals surface area contributed by atoms with E-state index in [0.29, 0.717) is 15.7 Å². The molecule has 0 heterocycles. The Morgan fingerprint density at radius 1 is 0.838 bits per heavy atom. The van der Waals surface area contributed by atoms with Gasteiger partial charge in [-0.05, 0) is 74.9 Å². The molecular weight excluding hydrogens is 533 g/mol. The summed E-state index contributed by atoms with van der Waals surface area (Å²) in [6.45, 7) is 4.85. The number of carbonyl (C=O) groups excluding carboxylic acids is 2. The first kappa shape index (κ1) is 28.5. The Kier molecular flexibility index (Phi) is 9.59. The number of rotatable bonds is 10. The van der Waals surface area contributed by atoms with Gasteiger partial charge >= 0.3 is 0 Å². The Morgan fingerprint density at radius 2 is 1.38 bits per heavy atom. The van der Waals surface area contributed by atoms with E-state index >= 15 is 0 Å². The van der Waals surface area contributed by atoms with Crippen molar-refractivity contribution < 1.29 is 18.0 Å². The number of anilines is 1. The summed E-state index contributed by atoms with van der Waals surface area (Å²) in [5.41, 5.74) is 1.06. The monoisotopic (exact) mass is 561 g/mol. The van der Waals surface area contributed by atoms with Crippen molar-refractivity contribution in [1.82, 2.24) is 10.2 Å². The normalized spacial score (nSPS) is 12.2. The number of nitrogens with one attached hydrogen (secondary N) is 1. The van der Waals surface area contributed by atoms with Crippen molar-refractivity contribution in [3.63, 3.8) is 0 Å². The van der Waals surface area contributed by atoms with Crippen molar-refractivity contribution in [2.24, 2.45) is 0 Å². The molecule has 37 heavy (non-hydrogen) atoms. The van der Waals surface area contributed by atoms with Gasteiger partial charge in [-0.2, -0.15) is 0 Å². The topological polar surface area (TPSA) is 86.8 Å². The highest BCUT2D eigenvalue weighted by Gasteiger charge is 2.32. The molecule has 0 spiro atoms. The molecule has 0 bridgehead atoms. The zero-order valence-electron chi connectivity index (χ0n) is 20.8. The fourth-order valence-corrected chi connectivity index (χ4v) is 5.30. The fourth-order valence-electron chi connectivity index (χ4n) is 3.63. The van der Waals surface area contributed by atoms with Crippen molar-refractivity contribution in [2.75, 3.05) is 10.8 Å². The van der Waals surface area contributed by atoms with E-state index in [4.69, 9.17) is 23.2 Å². The molecule has 0 aliphatic rings. The Bertz CT molecular complexity index is 1320. The van der Waals surface area contributed by atoms with Crippen LogP contribution in [0.4, 0.5) is 5.69 Å². The van der Waals surface area contributed by atoms with Crippen LogP contribution in [0.2, 0.25) is 10.0 Å².